The van der Waals surface area contributed by atoms with Crippen molar-refractivity contribution in [1.29, 1.82) is 0 Å². The van der Waals surface area contributed by atoms with Crippen molar-refractivity contribution in [1.82, 2.24) is 61.6 Å². The first-order valence-electron chi connectivity index (χ1n) is 8.28. The molecular weight excluding hydrogens is 697 g/mol. The number of aromatic nitrogens is 13. The van der Waals surface area contributed by atoms with Crippen LogP contribution in [0.15, 0.2) is 35.5 Å². The number of tetrazole rings is 3. The highest BCUT2D eigenvalue weighted by molar-refractivity contribution is 14.1. The number of benzene rings is 1. The lowest BCUT2D eigenvalue weighted by Gasteiger charge is -2.06. The van der Waals surface area contributed by atoms with Gasteiger partial charge in [-0.1, -0.05) is 11.6 Å². The Bertz CT molecular complexity index is 1300. The van der Waals surface area contributed by atoms with Gasteiger partial charge in [0.25, 0.3) is 4.91 Å². The van der Waals surface area contributed by atoms with Crippen LogP contribution >= 0.6 is 57.9 Å². The SMILES string of the molecule is O=P(O)(O)Oc1c[nH]c2ccc(Br)c(Cl)c12.O=[N+]([O-])[n+]1nnc(I)[nH]1.c1nnn[nH]1.c1nnn[nH]1. The second-order valence-corrected chi connectivity index (χ2v) is 8.68. The topological polar surface area (TPSA) is 280 Å². The fraction of sp³-hybridized carbons (Fsp3) is 0. The summed E-state index contributed by atoms with van der Waals surface area (Å²) in [6.07, 6.45) is 4.15. The van der Waals surface area contributed by atoms with Crippen molar-refractivity contribution in [2.24, 2.45) is 0 Å². The van der Waals surface area contributed by atoms with E-state index in [2.05, 4.69) is 82.1 Å². The molecular formula is C11H11BrClIN14O6P+. The van der Waals surface area contributed by atoms with Gasteiger partial charge in [0.1, 0.15) is 17.7 Å². The number of phosphoric acid groups is 1. The lowest BCUT2D eigenvalue weighted by molar-refractivity contribution is -1.25. The smallest absolute Gasteiger partial charge is 0.402 e. The first-order valence-corrected chi connectivity index (χ1v) is 12.1. The predicted molar refractivity (Wildman–Crippen MR) is 124 cm³/mol. The van der Waals surface area contributed by atoms with Crippen molar-refractivity contribution in [3.63, 3.8) is 0 Å². The van der Waals surface area contributed by atoms with E-state index in [9.17, 15) is 14.7 Å². The molecule has 20 nitrogen and oxygen atoms in total. The quantitative estimate of drug-likeness (QED) is 0.0480. The highest BCUT2D eigenvalue weighted by Gasteiger charge is 2.20. The largest absolute Gasteiger partial charge is 0.524 e. The van der Waals surface area contributed by atoms with Crippen LogP contribution in [0.4, 0.5) is 0 Å². The standard InChI is InChI=1S/C8H6BrClNO4P.CIN5O2.2CH2N4/c9-4-1-2-5-7(8(4)10)6(3-11-5)15-16(12,13)14;2-1-3-5-6(4-1)7(8)9;2*1-2-4-5-3-1/h1-3,11H,(H2,12,13,14);;2*1H,(H,2,3,4,5)/p+1. The number of nitrogens with one attached hydrogen (secondary N) is 4. The number of H-pyrrole nitrogens is 4. The van der Waals surface area contributed by atoms with Gasteiger partial charge in [0, 0.05) is 10.7 Å². The summed E-state index contributed by atoms with van der Waals surface area (Å²) < 4.78 is 16.3. The Kier molecular flexibility index (Phi) is 10.9. The molecule has 0 atom stereocenters. The van der Waals surface area contributed by atoms with Crippen LogP contribution < -0.4 is 9.43 Å². The zero-order valence-electron chi connectivity index (χ0n) is 16.5. The average molecular weight is 709 g/mol. The van der Waals surface area contributed by atoms with E-state index in [0.717, 1.165) is 0 Å². The van der Waals surface area contributed by atoms with Gasteiger partial charge in [-0.3, -0.25) is 9.79 Å². The second-order valence-electron chi connectivity index (χ2n) is 5.26. The van der Waals surface area contributed by atoms with Gasteiger partial charge in [0.2, 0.25) is 5.10 Å². The monoisotopic (exact) mass is 707 g/mol. The van der Waals surface area contributed by atoms with E-state index in [0.29, 0.717) is 29.1 Å². The van der Waals surface area contributed by atoms with Crippen molar-refractivity contribution in [2.75, 3.05) is 0 Å². The van der Waals surface area contributed by atoms with E-state index in [4.69, 9.17) is 21.4 Å². The Hall–Kier alpha value is -3.18. The molecule has 35 heavy (non-hydrogen) atoms. The number of aromatic amines is 4. The molecule has 0 unspecified atom stereocenters. The van der Waals surface area contributed by atoms with Crippen molar-refractivity contribution < 1.29 is 28.8 Å². The molecule has 186 valence electrons. The number of phosphoric ester groups is 1. The number of hydrogen-bond donors (Lipinski definition) is 6. The first kappa shape index (κ1) is 28.1. The molecule has 0 aliphatic heterocycles. The maximum Gasteiger partial charge on any atom is 0.524 e. The lowest BCUT2D eigenvalue weighted by Crippen LogP contribution is -2.47. The van der Waals surface area contributed by atoms with E-state index in [1.54, 1.807) is 34.7 Å². The average Bonchev–Trinajstić information content (AvgIpc) is 3.60. The van der Waals surface area contributed by atoms with Crippen LogP contribution in [0.5, 0.6) is 5.75 Å². The van der Waals surface area contributed by atoms with Crippen molar-refractivity contribution in [3.05, 3.63) is 54.4 Å². The Morgan fingerprint density at radius 2 is 1.83 bits per heavy atom. The maximum atomic E-state index is 10.7. The summed E-state index contributed by atoms with van der Waals surface area (Å²) >= 11 is 11.0. The van der Waals surface area contributed by atoms with Crippen LogP contribution in [-0.2, 0) is 4.57 Å². The summed E-state index contributed by atoms with van der Waals surface area (Å²) in [7, 11) is -4.59. The van der Waals surface area contributed by atoms with E-state index in [-0.39, 0.29) is 5.75 Å². The summed E-state index contributed by atoms with van der Waals surface area (Å²) in [5, 5.41) is 42.8. The molecule has 5 aromatic rings. The summed E-state index contributed by atoms with van der Waals surface area (Å²) in [5.41, 5.74) is 0.636. The molecule has 0 aliphatic rings. The number of nitrogens with zero attached hydrogens (tertiary/aromatic N) is 10. The van der Waals surface area contributed by atoms with E-state index in [1.165, 1.54) is 18.9 Å². The van der Waals surface area contributed by atoms with E-state index in [1.807, 2.05) is 0 Å². The Labute approximate surface area is 218 Å². The molecule has 0 bridgehead atoms. The number of halogens is 3. The first-order chi connectivity index (χ1) is 16.6. The van der Waals surface area contributed by atoms with Gasteiger partial charge in [-0.05, 0) is 54.0 Å². The predicted octanol–water partition coefficient (Wildman–Crippen LogP) is 0.191. The molecule has 5 rings (SSSR count). The van der Waals surface area contributed by atoms with Gasteiger partial charge in [-0.2, -0.15) is 0 Å². The van der Waals surface area contributed by atoms with Gasteiger partial charge in [-0.25, -0.2) is 14.8 Å². The summed E-state index contributed by atoms with van der Waals surface area (Å²) in [4.78, 5) is 30.5. The minimum absolute atomic E-state index is 0.0228. The molecule has 4 heterocycles. The number of rotatable bonds is 3. The minimum atomic E-state index is -4.59. The van der Waals surface area contributed by atoms with Crippen LogP contribution in [0, 0.1) is 13.9 Å². The maximum absolute atomic E-state index is 10.7. The lowest BCUT2D eigenvalue weighted by atomic mass is 10.2. The van der Waals surface area contributed by atoms with Crippen LogP contribution in [0.3, 0.4) is 0 Å². The third-order valence-electron chi connectivity index (χ3n) is 3.02. The van der Waals surface area contributed by atoms with Gasteiger partial charge >= 0.3 is 16.9 Å². The number of nitro groups is 1. The molecule has 0 aliphatic carbocycles. The molecule has 0 saturated heterocycles. The summed E-state index contributed by atoms with van der Waals surface area (Å²) in [6, 6.07) is 3.44. The number of fused-ring (bicyclic) bond motifs is 1. The highest BCUT2D eigenvalue weighted by Crippen LogP contribution is 2.44. The Morgan fingerprint density at radius 3 is 2.20 bits per heavy atom. The molecule has 0 saturated carbocycles. The Balaban J connectivity index is 0.000000189. The molecule has 4 aromatic heterocycles. The third kappa shape index (κ3) is 9.91. The molecule has 24 heteroatoms. The van der Waals surface area contributed by atoms with Gasteiger partial charge in [0.15, 0.2) is 5.75 Å². The molecule has 1 aromatic carbocycles. The zero-order valence-corrected chi connectivity index (χ0v) is 21.9. The summed E-state index contributed by atoms with van der Waals surface area (Å²) in [6.45, 7) is 0. The molecule has 0 amide bonds. The molecule has 0 radical (unpaired) electrons. The summed E-state index contributed by atoms with van der Waals surface area (Å²) in [5.74, 6) is 0.0228. The fourth-order valence-corrected chi connectivity index (χ4v) is 3.17. The van der Waals surface area contributed by atoms with Crippen LogP contribution in [-0.4, -0.2) is 76.5 Å². The van der Waals surface area contributed by atoms with Crippen molar-refractivity contribution in [2.45, 2.75) is 0 Å². The Morgan fingerprint density at radius 1 is 1.20 bits per heavy atom. The fourth-order valence-electron chi connectivity index (χ4n) is 1.87. The van der Waals surface area contributed by atoms with Gasteiger partial charge < -0.3 is 19.6 Å². The van der Waals surface area contributed by atoms with Crippen LogP contribution in [0.25, 0.3) is 10.9 Å². The van der Waals surface area contributed by atoms with Crippen LogP contribution in [0.2, 0.25) is 5.02 Å². The second kappa shape index (κ2) is 13.6. The van der Waals surface area contributed by atoms with Gasteiger partial charge in [0.05, 0.1) is 38.5 Å². The molecule has 6 N–H and O–H groups in total. The highest BCUT2D eigenvalue weighted by atomic mass is 127. The number of hydrogen-bond acceptors (Lipinski definition) is 12. The molecule has 0 spiro atoms. The normalized spacial score (nSPS) is 10.2. The zero-order chi connectivity index (χ0) is 25.8. The van der Waals surface area contributed by atoms with E-state index >= 15 is 0 Å². The third-order valence-corrected chi connectivity index (χ3v) is 5.19. The van der Waals surface area contributed by atoms with Crippen molar-refractivity contribution >= 4 is 68.8 Å². The van der Waals surface area contributed by atoms with E-state index < -0.39 is 12.9 Å². The molecule has 0 fully saturated rings. The minimum Gasteiger partial charge on any atom is -0.402 e. The van der Waals surface area contributed by atoms with Crippen LogP contribution in [0.1, 0.15) is 0 Å². The van der Waals surface area contributed by atoms with Crippen molar-refractivity contribution in [3.8, 4) is 5.75 Å². The van der Waals surface area contributed by atoms with Gasteiger partial charge in [-0.15, -0.1) is 10.2 Å².